The Morgan fingerprint density at radius 2 is 2.50 bits per heavy atom. The third-order valence-electron chi connectivity index (χ3n) is 2.10. The largest absolute Gasteiger partial charge is 0.479 e. The van der Waals surface area contributed by atoms with Gasteiger partial charge in [-0.2, -0.15) is 0 Å². The maximum absolute atomic E-state index is 10.7. The second kappa shape index (κ2) is 3.57. The Balaban J connectivity index is 2.27. The molecule has 5 heteroatoms. The molecule has 1 aromatic rings. The Morgan fingerprint density at radius 3 is 3.21 bits per heavy atom. The molecule has 1 aliphatic rings. The average molecular weight is 258 g/mol. The minimum absolute atomic E-state index is 0.437. The summed E-state index contributed by atoms with van der Waals surface area (Å²) in [5.41, 5.74) is 0.955. The summed E-state index contributed by atoms with van der Waals surface area (Å²) < 4.78 is 6.10. The Morgan fingerprint density at radius 1 is 1.71 bits per heavy atom. The number of pyridine rings is 1. The van der Waals surface area contributed by atoms with Crippen molar-refractivity contribution >= 4 is 21.9 Å². The second-order valence-corrected chi connectivity index (χ2v) is 4.02. The molecule has 0 fully saturated rings. The number of rotatable bonds is 1. The van der Waals surface area contributed by atoms with E-state index in [1.165, 1.54) is 0 Å². The van der Waals surface area contributed by atoms with Crippen LogP contribution in [0.1, 0.15) is 12.0 Å². The van der Waals surface area contributed by atoms with Crippen LogP contribution < -0.4 is 4.74 Å². The third kappa shape index (κ3) is 1.72. The summed E-state index contributed by atoms with van der Waals surface area (Å²) in [4.78, 5) is 14.7. The van der Waals surface area contributed by atoms with Crippen LogP contribution in [0, 0.1) is 0 Å². The molecule has 14 heavy (non-hydrogen) atoms. The zero-order valence-electron chi connectivity index (χ0n) is 7.24. The molecule has 0 amide bonds. The van der Waals surface area contributed by atoms with E-state index in [1.54, 1.807) is 6.20 Å². The highest BCUT2D eigenvalue weighted by atomic mass is 79.9. The van der Waals surface area contributed by atoms with Crippen molar-refractivity contribution in [1.29, 1.82) is 0 Å². The number of fused-ring (bicyclic) bond motifs is 1. The number of ether oxygens (including phenoxy) is 1. The molecule has 0 saturated carbocycles. The number of carbonyl (C=O) groups is 1. The van der Waals surface area contributed by atoms with Crippen molar-refractivity contribution in [2.45, 2.75) is 18.9 Å². The molecular formula is C9H8BrNO3. The summed E-state index contributed by atoms with van der Waals surface area (Å²) in [7, 11) is 0. The van der Waals surface area contributed by atoms with Crippen LogP contribution in [0.15, 0.2) is 16.7 Å². The van der Waals surface area contributed by atoms with Gasteiger partial charge in [0.25, 0.3) is 0 Å². The van der Waals surface area contributed by atoms with E-state index in [4.69, 9.17) is 9.84 Å². The van der Waals surface area contributed by atoms with Crippen molar-refractivity contribution in [3.8, 4) is 5.88 Å². The second-order valence-electron chi connectivity index (χ2n) is 3.10. The van der Waals surface area contributed by atoms with Crippen molar-refractivity contribution in [3.05, 3.63) is 22.3 Å². The Hall–Kier alpha value is -1.10. The Labute approximate surface area is 89.0 Å². The van der Waals surface area contributed by atoms with Gasteiger partial charge in [0.15, 0.2) is 6.10 Å². The van der Waals surface area contributed by atoms with E-state index in [0.717, 1.165) is 10.0 Å². The number of nitrogens with zero attached hydrogens (tertiary/aromatic N) is 1. The van der Waals surface area contributed by atoms with Gasteiger partial charge in [0.1, 0.15) is 0 Å². The SMILES string of the molecule is O=C(O)C1CCc2cc(Br)cnc2O1. The highest BCUT2D eigenvalue weighted by Crippen LogP contribution is 2.27. The molecule has 2 rings (SSSR count). The van der Waals surface area contributed by atoms with Crippen molar-refractivity contribution in [1.82, 2.24) is 4.98 Å². The summed E-state index contributed by atoms with van der Waals surface area (Å²) in [6.07, 6.45) is 2.04. The quantitative estimate of drug-likeness (QED) is 0.831. The predicted octanol–water partition coefficient (Wildman–Crippen LogP) is 1.62. The van der Waals surface area contributed by atoms with E-state index in [0.29, 0.717) is 18.7 Å². The first kappa shape index (κ1) is 9.45. The topological polar surface area (TPSA) is 59.4 Å². The molecule has 0 saturated heterocycles. The lowest BCUT2D eigenvalue weighted by Crippen LogP contribution is -2.31. The number of aromatic nitrogens is 1. The van der Waals surface area contributed by atoms with Gasteiger partial charge < -0.3 is 9.84 Å². The Bertz CT molecular complexity index is 380. The summed E-state index contributed by atoms with van der Waals surface area (Å²) >= 11 is 3.30. The van der Waals surface area contributed by atoms with Crippen molar-refractivity contribution in [3.63, 3.8) is 0 Å². The van der Waals surface area contributed by atoms with Crippen LogP contribution >= 0.6 is 15.9 Å². The number of hydrogen-bond acceptors (Lipinski definition) is 3. The van der Waals surface area contributed by atoms with Gasteiger partial charge in [-0.25, -0.2) is 9.78 Å². The molecule has 1 N–H and O–H groups in total. The van der Waals surface area contributed by atoms with E-state index in [2.05, 4.69) is 20.9 Å². The minimum atomic E-state index is -0.930. The molecule has 2 heterocycles. The molecule has 1 aliphatic heterocycles. The molecule has 0 aliphatic carbocycles. The van der Waals surface area contributed by atoms with E-state index < -0.39 is 12.1 Å². The molecule has 4 nitrogen and oxygen atoms in total. The van der Waals surface area contributed by atoms with Crippen LogP contribution in [-0.2, 0) is 11.2 Å². The fraction of sp³-hybridized carbons (Fsp3) is 0.333. The van der Waals surface area contributed by atoms with Gasteiger partial charge in [-0.05, 0) is 34.8 Å². The van der Waals surface area contributed by atoms with Crippen molar-refractivity contribution in [2.75, 3.05) is 0 Å². The molecule has 1 aromatic heterocycles. The summed E-state index contributed by atoms with van der Waals surface area (Å²) in [5.74, 6) is -0.493. The number of carboxylic acid groups (broad SMARTS) is 1. The molecule has 0 aromatic carbocycles. The van der Waals surface area contributed by atoms with Crippen LogP contribution in [0.5, 0.6) is 5.88 Å². The van der Waals surface area contributed by atoms with Crippen molar-refractivity contribution < 1.29 is 14.6 Å². The highest BCUT2D eigenvalue weighted by molar-refractivity contribution is 9.10. The smallest absolute Gasteiger partial charge is 0.344 e. The van der Waals surface area contributed by atoms with Gasteiger partial charge >= 0.3 is 5.97 Å². The van der Waals surface area contributed by atoms with Crippen LogP contribution in [-0.4, -0.2) is 22.2 Å². The first-order valence-corrected chi connectivity index (χ1v) is 5.00. The molecule has 0 bridgehead atoms. The Kier molecular flexibility index (Phi) is 2.41. The summed E-state index contributed by atoms with van der Waals surface area (Å²) in [5, 5.41) is 8.76. The lowest BCUT2D eigenvalue weighted by Gasteiger charge is -2.21. The summed E-state index contributed by atoms with van der Waals surface area (Å²) in [6.45, 7) is 0. The number of halogens is 1. The first-order valence-electron chi connectivity index (χ1n) is 4.20. The predicted molar refractivity (Wildman–Crippen MR) is 52.3 cm³/mol. The van der Waals surface area contributed by atoms with E-state index in [9.17, 15) is 4.79 Å². The van der Waals surface area contributed by atoms with Crippen LogP contribution in [0.4, 0.5) is 0 Å². The standard InChI is InChI=1S/C9H8BrNO3/c10-6-3-5-1-2-7(9(12)13)14-8(5)11-4-6/h3-4,7H,1-2H2,(H,12,13). The fourth-order valence-corrected chi connectivity index (χ4v) is 1.79. The van der Waals surface area contributed by atoms with E-state index in [1.807, 2.05) is 6.07 Å². The average Bonchev–Trinajstić information content (AvgIpc) is 2.16. The van der Waals surface area contributed by atoms with Crippen molar-refractivity contribution in [2.24, 2.45) is 0 Å². The number of aryl methyl sites for hydroxylation is 1. The fourth-order valence-electron chi connectivity index (χ4n) is 1.41. The maximum Gasteiger partial charge on any atom is 0.344 e. The molecule has 0 spiro atoms. The van der Waals surface area contributed by atoms with Crippen LogP contribution in [0.2, 0.25) is 0 Å². The maximum atomic E-state index is 10.7. The molecule has 74 valence electrons. The van der Waals surface area contributed by atoms with Gasteiger partial charge in [0.2, 0.25) is 5.88 Å². The van der Waals surface area contributed by atoms with Gasteiger partial charge in [-0.1, -0.05) is 0 Å². The molecular weight excluding hydrogens is 250 g/mol. The lowest BCUT2D eigenvalue weighted by molar-refractivity contribution is -0.145. The van der Waals surface area contributed by atoms with Crippen LogP contribution in [0.3, 0.4) is 0 Å². The monoisotopic (exact) mass is 257 g/mol. The van der Waals surface area contributed by atoms with Gasteiger partial charge in [-0.15, -0.1) is 0 Å². The molecule has 0 radical (unpaired) electrons. The van der Waals surface area contributed by atoms with Gasteiger partial charge in [0.05, 0.1) is 0 Å². The zero-order valence-corrected chi connectivity index (χ0v) is 8.82. The first-order chi connectivity index (χ1) is 6.66. The number of hydrogen-bond donors (Lipinski definition) is 1. The van der Waals surface area contributed by atoms with Gasteiger partial charge in [0, 0.05) is 16.2 Å². The summed E-state index contributed by atoms with van der Waals surface area (Å²) in [6, 6.07) is 1.90. The number of carboxylic acids is 1. The lowest BCUT2D eigenvalue weighted by atomic mass is 10.1. The highest BCUT2D eigenvalue weighted by Gasteiger charge is 2.26. The van der Waals surface area contributed by atoms with E-state index >= 15 is 0 Å². The van der Waals surface area contributed by atoms with Gasteiger partial charge in [-0.3, -0.25) is 0 Å². The number of aliphatic carboxylic acids is 1. The third-order valence-corrected chi connectivity index (χ3v) is 2.53. The van der Waals surface area contributed by atoms with Crippen LogP contribution in [0.25, 0.3) is 0 Å². The van der Waals surface area contributed by atoms with E-state index in [-0.39, 0.29) is 0 Å². The minimum Gasteiger partial charge on any atom is -0.479 e. The molecule has 1 atom stereocenters. The normalized spacial score (nSPS) is 19.6. The zero-order chi connectivity index (χ0) is 10.1. The molecule has 1 unspecified atom stereocenters.